The van der Waals surface area contributed by atoms with Crippen LogP contribution in [0.1, 0.15) is 21.6 Å². The van der Waals surface area contributed by atoms with Gasteiger partial charge in [0.2, 0.25) is 10.0 Å². The Kier molecular flexibility index (Phi) is 4.23. The predicted molar refractivity (Wildman–Crippen MR) is 78.6 cm³/mol. The van der Waals surface area contributed by atoms with Gasteiger partial charge in [0.05, 0.1) is 23.2 Å². The van der Waals surface area contributed by atoms with Crippen molar-refractivity contribution in [3.05, 3.63) is 59.4 Å². The first kappa shape index (κ1) is 15.0. The Hall–Kier alpha value is -2.41. The molecule has 0 amide bonds. The van der Waals surface area contributed by atoms with Gasteiger partial charge in [-0.25, -0.2) is 13.2 Å². The van der Waals surface area contributed by atoms with Gasteiger partial charge < -0.3 is 5.11 Å². The van der Waals surface area contributed by atoms with Crippen LogP contribution < -0.4 is 4.72 Å². The summed E-state index contributed by atoms with van der Waals surface area (Å²) in [6.45, 7) is 1.81. The third-order valence-electron chi connectivity index (χ3n) is 2.74. The second kappa shape index (κ2) is 5.92. The standard InChI is InChI=1S/C14H14N2O4S/c1-10-2-7-13(8-15-10)16-21(19,20)9-11-3-5-12(6-4-11)14(17)18/h2-8,16H,9H2,1H3,(H,17,18). The Balaban J connectivity index is 2.10. The zero-order valence-electron chi connectivity index (χ0n) is 11.3. The third-order valence-corrected chi connectivity index (χ3v) is 4.00. The van der Waals surface area contributed by atoms with Crippen molar-refractivity contribution in [3.63, 3.8) is 0 Å². The fourth-order valence-corrected chi connectivity index (χ4v) is 2.89. The number of nitrogens with one attached hydrogen (secondary N) is 1. The van der Waals surface area contributed by atoms with Crippen LogP contribution in [0, 0.1) is 6.92 Å². The Labute approximate surface area is 122 Å². The molecule has 2 rings (SSSR count). The molecule has 0 aliphatic heterocycles. The summed E-state index contributed by atoms with van der Waals surface area (Å²) in [5.41, 5.74) is 1.81. The molecule has 1 heterocycles. The Morgan fingerprint density at radius 1 is 1.19 bits per heavy atom. The van der Waals surface area contributed by atoms with E-state index in [9.17, 15) is 13.2 Å². The van der Waals surface area contributed by atoms with Gasteiger partial charge in [-0.3, -0.25) is 9.71 Å². The smallest absolute Gasteiger partial charge is 0.335 e. The average Bonchev–Trinajstić information content (AvgIpc) is 2.41. The fourth-order valence-electron chi connectivity index (χ4n) is 1.71. The molecule has 1 aromatic carbocycles. The van der Waals surface area contributed by atoms with Gasteiger partial charge in [0.25, 0.3) is 0 Å². The minimum atomic E-state index is -3.57. The molecule has 0 saturated heterocycles. The average molecular weight is 306 g/mol. The van der Waals surface area contributed by atoms with E-state index < -0.39 is 16.0 Å². The summed E-state index contributed by atoms with van der Waals surface area (Å²) >= 11 is 0. The zero-order valence-corrected chi connectivity index (χ0v) is 12.1. The lowest BCUT2D eigenvalue weighted by Crippen LogP contribution is -2.15. The van der Waals surface area contributed by atoms with Gasteiger partial charge in [-0.2, -0.15) is 0 Å². The summed E-state index contributed by atoms with van der Waals surface area (Å²) < 4.78 is 26.5. The number of aromatic carboxylic acids is 1. The van der Waals surface area contributed by atoms with Gasteiger partial charge in [0.15, 0.2) is 0 Å². The fraction of sp³-hybridized carbons (Fsp3) is 0.143. The molecule has 7 heteroatoms. The molecule has 0 bridgehead atoms. The van der Waals surface area contributed by atoms with Crippen molar-refractivity contribution in [2.45, 2.75) is 12.7 Å². The summed E-state index contributed by atoms with van der Waals surface area (Å²) in [6.07, 6.45) is 1.44. The Bertz CT molecular complexity index is 738. The molecule has 0 fully saturated rings. The van der Waals surface area contributed by atoms with Crippen molar-refractivity contribution in [1.29, 1.82) is 0 Å². The van der Waals surface area contributed by atoms with E-state index in [-0.39, 0.29) is 11.3 Å². The molecule has 0 unspecified atom stereocenters. The maximum Gasteiger partial charge on any atom is 0.335 e. The number of pyridine rings is 1. The Morgan fingerprint density at radius 2 is 1.86 bits per heavy atom. The second-order valence-corrected chi connectivity index (χ2v) is 6.27. The summed E-state index contributed by atoms with van der Waals surface area (Å²) in [5.74, 6) is -1.28. The summed E-state index contributed by atoms with van der Waals surface area (Å²) in [5, 5.41) is 8.79. The molecule has 6 nitrogen and oxygen atoms in total. The van der Waals surface area contributed by atoms with Crippen LogP contribution in [-0.2, 0) is 15.8 Å². The van der Waals surface area contributed by atoms with Crippen LogP contribution >= 0.6 is 0 Å². The number of carboxylic acid groups (broad SMARTS) is 1. The monoisotopic (exact) mass is 306 g/mol. The molecular weight excluding hydrogens is 292 g/mol. The SMILES string of the molecule is Cc1ccc(NS(=O)(=O)Cc2ccc(C(=O)O)cc2)cn1. The van der Waals surface area contributed by atoms with Crippen LogP contribution in [0.15, 0.2) is 42.6 Å². The van der Waals surface area contributed by atoms with Gasteiger partial charge in [-0.1, -0.05) is 12.1 Å². The van der Waals surface area contributed by atoms with Gasteiger partial charge >= 0.3 is 5.97 Å². The van der Waals surface area contributed by atoms with Crippen molar-refractivity contribution in [1.82, 2.24) is 4.98 Å². The number of carbonyl (C=O) groups is 1. The molecule has 21 heavy (non-hydrogen) atoms. The predicted octanol–water partition coefficient (Wildman–Crippen LogP) is 2.03. The van der Waals surface area contributed by atoms with Crippen LogP contribution in [0.2, 0.25) is 0 Å². The molecule has 2 aromatic rings. The van der Waals surface area contributed by atoms with Gasteiger partial charge in [0, 0.05) is 5.69 Å². The van der Waals surface area contributed by atoms with Crippen LogP contribution in [0.3, 0.4) is 0 Å². The maximum absolute atomic E-state index is 12.0. The molecule has 0 spiro atoms. The van der Waals surface area contributed by atoms with E-state index in [4.69, 9.17) is 5.11 Å². The number of aryl methyl sites for hydroxylation is 1. The first-order chi connectivity index (χ1) is 9.85. The number of nitrogens with zero attached hydrogens (tertiary/aromatic N) is 1. The van der Waals surface area contributed by atoms with E-state index in [2.05, 4.69) is 9.71 Å². The molecule has 0 atom stereocenters. The van der Waals surface area contributed by atoms with E-state index in [1.54, 1.807) is 12.1 Å². The third kappa shape index (κ3) is 4.28. The van der Waals surface area contributed by atoms with Crippen LogP contribution in [0.4, 0.5) is 5.69 Å². The molecule has 0 aliphatic rings. The number of hydrogen-bond donors (Lipinski definition) is 2. The Morgan fingerprint density at radius 3 is 2.38 bits per heavy atom. The van der Waals surface area contributed by atoms with Crippen LogP contribution in [0.25, 0.3) is 0 Å². The van der Waals surface area contributed by atoms with E-state index in [1.807, 2.05) is 6.92 Å². The number of sulfonamides is 1. The minimum Gasteiger partial charge on any atom is -0.478 e. The van der Waals surface area contributed by atoms with E-state index in [1.165, 1.54) is 30.5 Å². The number of carboxylic acids is 1. The van der Waals surface area contributed by atoms with Crippen molar-refractivity contribution in [2.24, 2.45) is 0 Å². The highest BCUT2D eigenvalue weighted by Crippen LogP contribution is 2.13. The maximum atomic E-state index is 12.0. The van der Waals surface area contributed by atoms with Crippen molar-refractivity contribution < 1.29 is 18.3 Å². The first-order valence-electron chi connectivity index (χ1n) is 6.11. The van der Waals surface area contributed by atoms with Gasteiger partial charge in [0.1, 0.15) is 0 Å². The lowest BCUT2D eigenvalue weighted by molar-refractivity contribution is 0.0697. The first-order valence-corrected chi connectivity index (χ1v) is 7.76. The highest BCUT2D eigenvalue weighted by atomic mass is 32.2. The minimum absolute atomic E-state index is 0.117. The van der Waals surface area contributed by atoms with Gasteiger partial charge in [-0.05, 0) is 36.8 Å². The number of rotatable bonds is 5. The van der Waals surface area contributed by atoms with E-state index in [0.29, 0.717) is 11.3 Å². The second-order valence-electron chi connectivity index (χ2n) is 4.55. The molecular formula is C14H14N2O4S. The van der Waals surface area contributed by atoms with Crippen LogP contribution in [0.5, 0.6) is 0 Å². The van der Waals surface area contributed by atoms with Gasteiger partial charge in [-0.15, -0.1) is 0 Å². The largest absolute Gasteiger partial charge is 0.478 e. The molecule has 110 valence electrons. The topological polar surface area (TPSA) is 96.4 Å². The zero-order chi connectivity index (χ0) is 15.5. The molecule has 0 radical (unpaired) electrons. The lowest BCUT2D eigenvalue weighted by Gasteiger charge is -2.08. The summed E-state index contributed by atoms with van der Waals surface area (Å²) in [6, 6.07) is 9.06. The van der Waals surface area contributed by atoms with Crippen molar-refractivity contribution in [2.75, 3.05) is 4.72 Å². The van der Waals surface area contributed by atoms with E-state index >= 15 is 0 Å². The normalized spacial score (nSPS) is 11.1. The highest BCUT2D eigenvalue weighted by Gasteiger charge is 2.12. The van der Waals surface area contributed by atoms with Crippen molar-refractivity contribution >= 4 is 21.7 Å². The molecule has 1 aromatic heterocycles. The number of benzene rings is 1. The summed E-state index contributed by atoms with van der Waals surface area (Å²) in [7, 11) is -3.57. The number of hydrogen-bond acceptors (Lipinski definition) is 4. The molecule has 0 saturated carbocycles. The van der Waals surface area contributed by atoms with E-state index in [0.717, 1.165) is 5.69 Å². The number of anilines is 1. The molecule has 2 N–H and O–H groups in total. The lowest BCUT2D eigenvalue weighted by atomic mass is 10.1. The number of aromatic nitrogens is 1. The van der Waals surface area contributed by atoms with Crippen molar-refractivity contribution in [3.8, 4) is 0 Å². The highest BCUT2D eigenvalue weighted by molar-refractivity contribution is 7.91. The molecule has 0 aliphatic carbocycles. The quantitative estimate of drug-likeness (QED) is 0.881. The van der Waals surface area contributed by atoms with Crippen LogP contribution in [-0.4, -0.2) is 24.5 Å². The summed E-state index contributed by atoms with van der Waals surface area (Å²) in [4.78, 5) is 14.7.